The van der Waals surface area contributed by atoms with Gasteiger partial charge in [-0.25, -0.2) is 4.39 Å². The van der Waals surface area contributed by atoms with Gasteiger partial charge in [-0.2, -0.15) is 5.10 Å². The molecule has 1 amide bonds. The number of benzene rings is 2. The number of fused-ring (bicyclic) bond motifs is 3. The van der Waals surface area contributed by atoms with E-state index in [1.807, 2.05) is 41.1 Å². The molecule has 1 aliphatic carbocycles. The number of nitrogens with one attached hydrogen (secondary N) is 1. The van der Waals surface area contributed by atoms with Crippen molar-refractivity contribution in [2.24, 2.45) is 0 Å². The van der Waals surface area contributed by atoms with E-state index in [0.717, 1.165) is 48.7 Å². The molecular formula is C25H27FN4O2. The van der Waals surface area contributed by atoms with E-state index in [2.05, 4.69) is 10.2 Å². The highest BCUT2D eigenvalue weighted by atomic mass is 19.1. The van der Waals surface area contributed by atoms with Gasteiger partial charge in [-0.15, -0.1) is 0 Å². The second-order valence-corrected chi connectivity index (χ2v) is 9.33. The average molecular weight is 435 g/mol. The Morgan fingerprint density at radius 2 is 1.75 bits per heavy atom. The number of carbonyl (C=O) groups is 1. The molecule has 1 N–H and O–H groups in total. The van der Waals surface area contributed by atoms with Crippen molar-refractivity contribution in [1.29, 1.82) is 0 Å². The summed E-state index contributed by atoms with van der Waals surface area (Å²) in [7, 11) is 0. The number of carbonyl (C=O) groups excluding carboxylic acids is 1. The van der Waals surface area contributed by atoms with E-state index >= 15 is 0 Å². The summed E-state index contributed by atoms with van der Waals surface area (Å²) in [6.07, 6.45) is 3.93. The van der Waals surface area contributed by atoms with E-state index in [1.54, 1.807) is 0 Å². The van der Waals surface area contributed by atoms with Gasteiger partial charge in [0.25, 0.3) is 5.91 Å². The molecule has 1 unspecified atom stereocenters. The lowest BCUT2D eigenvalue weighted by atomic mass is 9.89. The number of aromatic nitrogens is 2. The third-order valence-electron chi connectivity index (χ3n) is 7.01. The van der Waals surface area contributed by atoms with Crippen LogP contribution in [-0.4, -0.2) is 51.9 Å². The Morgan fingerprint density at radius 1 is 1.03 bits per heavy atom. The van der Waals surface area contributed by atoms with Gasteiger partial charge < -0.3 is 10.1 Å². The molecule has 3 heterocycles. The minimum absolute atomic E-state index is 0.0865. The molecule has 3 aromatic rings. The highest BCUT2D eigenvalue weighted by molar-refractivity contribution is 6.05. The van der Waals surface area contributed by atoms with Crippen LogP contribution >= 0.6 is 0 Å². The molecule has 2 aliphatic heterocycles. The lowest BCUT2D eigenvalue weighted by molar-refractivity contribution is -0.0843. The fourth-order valence-electron chi connectivity index (χ4n) is 5.27. The molecule has 1 aromatic heterocycles. The molecule has 3 aliphatic rings. The molecule has 3 atom stereocenters. The van der Waals surface area contributed by atoms with Gasteiger partial charge in [0.1, 0.15) is 5.82 Å². The molecule has 0 radical (unpaired) electrons. The largest absolute Gasteiger partial charge is 0.378 e. The molecule has 6 nitrogen and oxygen atoms in total. The van der Waals surface area contributed by atoms with Crippen LogP contribution in [0.4, 0.5) is 4.39 Å². The van der Waals surface area contributed by atoms with Crippen LogP contribution in [0.3, 0.4) is 0 Å². The standard InChI is InChI=1S/C25H27FN4O2/c26-17-7-5-16(6-8-17)13-29-20-11-18(12-21(29)15-32-14-20)27-25(31)24-22-3-1-2-4-23(22)30(28-24)19-9-10-19/h1-8,18-21H,9-15H2,(H,27,31)/t18?,20-,21+. The number of morpholine rings is 1. The van der Waals surface area contributed by atoms with Crippen LogP contribution in [0.25, 0.3) is 10.9 Å². The zero-order valence-electron chi connectivity index (χ0n) is 17.9. The summed E-state index contributed by atoms with van der Waals surface area (Å²) in [6.45, 7) is 2.09. The number of para-hydroxylation sites is 1. The SMILES string of the molecule is O=C(NC1C[C@H]2COC[C@@H](C1)N2Cc1ccc(F)cc1)c1nn(C2CC2)c2ccccc12. The topological polar surface area (TPSA) is 59.4 Å². The summed E-state index contributed by atoms with van der Waals surface area (Å²) in [5.74, 6) is -0.299. The minimum Gasteiger partial charge on any atom is -0.378 e. The quantitative estimate of drug-likeness (QED) is 0.666. The van der Waals surface area contributed by atoms with Crippen LogP contribution in [0.5, 0.6) is 0 Å². The van der Waals surface area contributed by atoms with E-state index in [0.29, 0.717) is 24.9 Å². The number of nitrogens with zero attached hydrogens (tertiary/aromatic N) is 3. The predicted molar refractivity (Wildman–Crippen MR) is 119 cm³/mol. The summed E-state index contributed by atoms with van der Waals surface area (Å²) in [4.78, 5) is 15.7. The molecule has 2 aromatic carbocycles. The predicted octanol–water partition coefficient (Wildman–Crippen LogP) is 3.67. The number of hydrogen-bond acceptors (Lipinski definition) is 4. The second kappa shape index (κ2) is 7.98. The van der Waals surface area contributed by atoms with Crippen LogP contribution in [-0.2, 0) is 11.3 Å². The first kappa shape index (κ1) is 19.9. The van der Waals surface area contributed by atoms with Gasteiger partial charge in [-0.05, 0) is 49.4 Å². The molecule has 166 valence electrons. The van der Waals surface area contributed by atoms with Crippen molar-refractivity contribution in [2.45, 2.75) is 56.4 Å². The van der Waals surface area contributed by atoms with Crippen LogP contribution in [0, 0.1) is 5.82 Å². The van der Waals surface area contributed by atoms with Crippen molar-refractivity contribution in [3.63, 3.8) is 0 Å². The van der Waals surface area contributed by atoms with Crippen molar-refractivity contribution in [2.75, 3.05) is 13.2 Å². The molecule has 2 bridgehead atoms. The van der Waals surface area contributed by atoms with Crippen LogP contribution in [0.2, 0.25) is 0 Å². The maximum atomic E-state index is 13.3. The van der Waals surface area contributed by atoms with E-state index in [9.17, 15) is 9.18 Å². The van der Waals surface area contributed by atoms with E-state index < -0.39 is 0 Å². The molecule has 7 heteroatoms. The van der Waals surface area contributed by atoms with Crippen LogP contribution in [0.15, 0.2) is 48.5 Å². The summed E-state index contributed by atoms with van der Waals surface area (Å²) in [6, 6.07) is 15.7. The number of piperidine rings is 1. The van der Waals surface area contributed by atoms with Gasteiger partial charge in [0, 0.05) is 30.1 Å². The van der Waals surface area contributed by atoms with Gasteiger partial charge >= 0.3 is 0 Å². The normalized spacial score (nSPS) is 25.7. The maximum absolute atomic E-state index is 13.3. The first-order valence-corrected chi connectivity index (χ1v) is 11.5. The number of halogens is 1. The second-order valence-electron chi connectivity index (χ2n) is 9.33. The number of amides is 1. The van der Waals surface area contributed by atoms with Gasteiger partial charge in [-0.1, -0.05) is 30.3 Å². The molecule has 0 spiro atoms. The van der Waals surface area contributed by atoms with Crippen molar-refractivity contribution >= 4 is 16.8 Å². The lowest BCUT2D eigenvalue weighted by Crippen LogP contribution is -2.60. The Balaban J connectivity index is 1.18. The molecule has 3 fully saturated rings. The summed E-state index contributed by atoms with van der Waals surface area (Å²) >= 11 is 0. The maximum Gasteiger partial charge on any atom is 0.272 e. The van der Waals surface area contributed by atoms with Gasteiger partial charge in [0.05, 0.1) is 24.8 Å². The number of rotatable bonds is 5. The first-order valence-electron chi connectivity index (χ1n) is 11.5. The van der Waals surface area contributed by atoms with Gasteiger partial charge in [0.15, 0.2) is 5.69 Å². The number of hydrogen-bond donors (Lipinski definition) is 1. The monoisotopic (exact) mass is 434 g/mol. The Morgan fingerprint density at radius 3 is 2.47 bits per heavy atom. The van der Waals surface area contributed by atoms with E-state index in [-0.39, 0.29) is 29.8 Å². The molecule has 2 saturated heterocycles. The van der Waals surface area contributed by atoms with Crippen LogP contribution < -0.4 is 5.32 Å². The lowest BCUT2D eigenvalue weighted by Gasteiger charge is -2.48. The molecule has 32 heavy (non-hydrogen) atoms. The third kappa shape index (κ3) is 3.69. The zero-order valence-corrected chi connectivity index (χ0v) is 17.9. The first-order chi connectivity index (χ1) is 15.7. The Bertz CT molecular complexity index is 1130. The molecular weight excluding hydrogens is 407 g/mol. The summed E-state index contributed by atoms with van der Waals surface area (Å²) in [5.41, 5.74) is 2.67. The van der Waals surface area contributed by atoms with Crippen molar-refractivity contribution in [3.8, 4) is 0 Å². The van der Waals surface area contributed by atoms with Crippen molar-refractivity contribution in [1.82, 2.24) is 20.0 Å². The average Bonchev–Trinajstić information content (AvgIpc) is 3.55. The summed E-state index contributed by atoms with van der Waals surface area (Å²) in [5, 5.41) is 8.90. The molecule has 1 saturated carbocycles. The highest BCUT2D eigenvalue weighted by Gasteiger charge is 2.40. The summed E-state index contributed by atoms with van der Waals surface area (Å²) < 4.78 is 21.1. The van der Waals surface area contributed by atoms with E-state index in [1.165, 1.54) is 12.1 Å². The van der Waals surface area contributed by atoms with Gasteiger partial charge in [0.2, 0.25) is 0 Å². The highest BCUT2D eigenvalue weighted by Crippen LogP contribution is 2.37. The van der Waals surface area contributed by atoms with Crippen molar-refractivity contribution < 1.29 is 13.9 Å². The minimum atomic E-state index is -0.213. The van der Waals surface area contributed by atoms with Gasteiger partial charge in [-0.3, -0.25) is 14.4 Å². The Labute approximate surface area is 186 Å². The van der Waals surface area contributed by atoms with E-state index in [4.69, 9.17) is 9.84 Å². The Hall–Kier alpha value is -2.77. The fourth-order valence-corrected chi connectivity index (χ4v) is 5.27. The Kier molecular flexibility index (Phi) is 4.96. The molecule has 6 rings (SSSR count). The zero-order chi connectivity index (χ0) is 21.7. The number of ether oxygens (including phenoxy) is 1. The smallest absolute Gasteiger partial charge is 0.272 e. The third-order valence-corrected chi connectivity index (χ3v) is 7.01. The fraction of sp³-hybridized carbons (Fsp3) is 0.440. The van der Waals surface area contributed by atoms with Crippen molar-refractivity contribution in [3.05, 3.63) is 65.6 Å². The van der Waals surface area contributed by atoms with Crippen LogP contribution in [0.1, 0.15) is 47.8 Å².